The maximum atomic E-state index is 12.8. The average molecular weight is 355 g/mol. The Morgan fingerprint density at radius 3 is 2.68 bits per heavy atom. The van der Waals surface area contributed by atoms with Gasteiger partial charge in [0.2, 0.25) is 5.91 Å². The fourth-order valence-electron chi connectivity index (χ4n) is 3.84. The van der Waals surface area contributed by atoms with Crippen molar-refractivity contribution in [1.29, 1.82) is 0 Å². The largest absolute Gasteiger partial charge is 0.371 e. The summed E-state index contributed by atoms with van der Waals surface area (Å²) < 4.78 is 0. The molecule has 4 heteroatoms. The van der Waals surface area contributed by atoms with Gasteiger partial charge in [-0.2, -0.15) is 0 Å². The van der Waals surface area contributed by atoms with Gasteiger partial charge in [-0.15, -0.1) is 0 Å². The van der Waals surface area contributed by atoms with Crippen LogP contribution in [0.4, 0.5) is 5.69 Å². The van der Waals surface area contributed by atoms with E-state index in [1.54, 1.807) is 0 Å². The van der Waals surface area contributed by atoms with Crippen molar-refractivity contribution < 1.29 is 4.79 Å². The highest BCUT2D eigenvalue weighted by Crippen LogP contribution is 2.48. The zero-order valence-corrected chi connectivity index (χ0v) is 15.0. The maximum Gasteiger partial charge on any atom is 0.230 e. The molecule has 1 aliphatic heterocycles. The molecule has 1 aliphatic carbocycles. The van der Waals surface area contributed by atoms with Crippen LogP contribution in [0.15, 0.2) is 54.6 Å². The lowest BCUT2D eigenvalue weighted by molar-refractivity contribution is -0.123. The van der Waals surface area contributed by atoms with Crippen LogP contribution < -0.4 is 10.2 Å². The number of para-hydroxylation sites is 1. The third kappa shape index (κ3) is 3.38. The van der Waals surface area contributed by atoms with E-state index >= 15 is 0 Å². The van der Waals surface area contributed by atoms with Crippen LogP contribution in [0.5, 0.6) is 0 Å². The number of nitrogens with one attached hydrogen (secondary N) is 1. The fourth-order valence-corrected chi connectivity index (χ4v) is 4.03. The van der Waals surface area contributed by atoms with Crippen molar-refractivity contribution >= 4 is 23.2 Å². The summed E-state index contributed by atoms with van der Waals surface area (Å²) in [4.78, 5) is 15.2. The Morgan fingerprint density at radius 2 is 1.96 bits per heavy atom. The quantitative estimate of drug-likeness (QED) is 0.879. The van der Waals surface area contributed by atoms with Crippen LogP contribution >= 0.6 is 11.6 Å². The second-order valence-electron chi connectivity index (χ2n) is 7.24. The van der Waals surface area contributed by atoms with Crippen molar-refractivity contribution in [2.75, 3.05) is 24.5 Å². The van der Waals surface area contributed by atoms with Gasteiger partial charge >= 0.3 is 0 Å². The molecule has 130 valence electrons. The predicted molar refractivity (Wildman–Crippen MR) is 102 cm³/mol. The minimum absolute atomic E-state index is 0.160. The van der Waals surface area contributed by atoms with Gasteiger partial charge in [-0.25, -0.2) is 0 Å². The van der Waals surface area contributed by atoms with Gasteiger partial charge < -0.3 is 10.2 Å². The lowest BCUT2D eigenvalue weighted by Crippen LogP contribution is -2.38. The monoisotopic (exact) mass is 354 g/mol. The number of hydrogen-bond donors (Lipinski definition) is 1. The Balaban J connectivity index is 1.34. The highest BCUT2D eigenvalue weighted by Gasteiger charge is 2.51. The normalized spacial score (nSPS) is 21.2. The smallest absolute Gasteiger partial charge is 0.230 e. The maximum absolute atomic E-state index is 12.8. The highest BCUT2D eigenvalue weighted by atomic mass is 35.5. The molecule has 2 aliphatic rings. The van der Waals surface area contributed by atoms with E-state index < -0.39 is 0 Å². The molecule has 0 aromatic heterocycles. The second-order valence-corrected chi connectivity index (χ2v) is 7.68. The van der Waals surface area contributed by atoms with Gasteiger partial charge in [0.05, 0.1) is 5.41 Å². The first-order chi connectivity index (χ1) is 12.2. The van der Waals surface area contributed by atoms with Crippen LogP contribution in [0.1, 0.15) is 24.8 Å². The van der Waals surface area contributed by atoms with Gasteiger partial charge in [-0.1, -0.05) is 41.9 Å². The van der Waals surface area contributed by atoms with E-state index in [9.17, 15) is 4.79 Å². The molecule has 1 amide bonds. The van der Waals surface area contributed by atoms with E-state index in [1.807, 2.05) is 30.3 Å². The molecular weight excluding hydrogens is 332 g/mol. The Hall–Kier alpha value is -2.00. The summed E-state index contributed by atoms with van der Waals surface area (Å²) in [6.45, 7) is 2.82. The van der Waals surface area contributed by atoms with Crippen LogP contribution in [0.25, 0.3) is 0 Å². The van der Waals surface area contributed by atoms with E-state index in [2.05, 4.69) is 34.5 Å². The lowest BCUT2D eigenvalue weighted by Gasteiger charge is -2.20. The van der Waals surface area contributed by atoms with Gasteiger partial charge in [0.25, 0.3) is 0 Å². The average Bonchev–Trinajstić information content (AvgIpc) is 3.32. The van der Waals surface area contributed by atoms with E-state index in [-0.39, 0.29) is 11.3 Å². The van der Waals surface area contributed by atoms with E-state index in [0.29, 0.717) is 10.9 Å². The third-order valence-electron chi connectivity index (χ3n) is 5.52. The second kappa shape index (κ2) is 6.72. The lowest BCUT2D eigenvalue weighted by atomic mass is 9.94. The number of rotatable bonds is 5. The predicted octanol–water partition coefficient (Wildman–Crippen LogP) is 4.01. The van der Waals surface area contributed by atoms with E-state index in [1.165, 1.54) is 5.69 Å². The number of hydrogen-bond acceptors (Lipinski definition) is 2. The molecule has 4 rings (SSSR count). The molecule has 1 atom stereocenters. The standard InChI is InChI=1S/C21H23ClN2O/c22-18-6-4-5-17(13-18)21(10-11-21)20(25)23-14-16-9-12-24(15-16)19-7-2-1-3-8-19/h1-8,13,16H,9-12,14-15H2,(H,23,25)/t16-/m1/s1. The molecule has 2 aromatic rings. The van der Waals surface area contributed by atoms with Crippen molar-refractivity contribution in [1.82, 2.24) is 5.32 Å². The van der Waals surface area contributed by atoms with Crippen molar-refractivity contribution in [2.45, 2.75) is 24.7 Å². The first-order valence-corrected chi connectivity index (χ1v) is 9.39. The highest BCUT2D eigenvalue weighted by molar-refractivity contribution is 6.30. The number of anilines is 1. The Morgan fingerprint density at radius 1 is 1.16 bits per heavy atom. The van der Waals surface area contributed by atoms with Crippen LogP contribution in [0.3, 0.4) is 0 Å². The first-order valence-electron chi connectivity index (χ1n) is 9.02. The van der Waals surface area contributed by atoms with Crippen molar-refractivity contribution in [3.63, 3.8) is 0 Å². The van der Waals surface area contributed by atoms with Crippen LogP contribution in [0, 0.1) is 5.92 Å². The summed E-state index contributed by atoms with van der Waals surface area (Å²) in [5, 5.41) is 3.91. The summed E-state index contributed by atoms with van der Waals surface area (Å²) in [7, 11) is 0. The number of carbonyl (C=O) groups is 1. The molecule has 2 aromatic carbocycles. The van der Waals surface area contributed by atoms with Gasteiger partial charge in [0.15, 0.2) is 0 Å². The molecular formula is C21H23ClN2O. The molecule has 1 N–H and O–H groups in total. The molecule has 0 spiro atoms. The first kappa shape index (κ1) is 16.5. The van der Waals surface area contributed by atoms with Crippen LogP contribution in [0.2, 0.25) is 5.02 Å². The molecule has 2 fully saturated rings. The minimum Gasteiger partial charge on any atom is -0.371 e. The summed E-state index contributed by atoms with van der Waals surface area (Å²) in [5.74, 6) is 0.673. The summed E-state index contributed by atoms with van der Waals surface area (Å²) in [5.41, 5.74) is 1.98. The zero-order valence-electron chi connectivity index (χ0n) is 14.2. The van der Waals surface area contributed by atoms with E-state index in [0.717, 1.165) is 44.5 Å². The molecule has 1 heterocycles. The molecule has 3 nitrogen and oxygen atoms in total. The Kier molecular flexibility index (Phi) is 4.43. The fraction of sp³-hybridized carbons (Fsp3) is 0.381. The number of nitrogens with zero attached hydrogens (tertiary/aromatic N) is 1. The summed E-state index contributed by atoms with van der Waals surface area (Å²) in [6.07, 6.45) is 2.96. The molecule has 0 unspecified atom stereocenters. The number of carbonyl (C=O) groups excluding carboxylic acids is 1. The van der Waals surface area contributed by atoms with Crippen molar-refractivity contribution in [3.05, 3.63) is 65.2 Å². The molecule has 25 heavy (non-hydrogen) atoms. The number of amides is 1. The number of benzene rings is 2. The van der Waals surface area contributed by atoms with Gasteiger partial charge in [-0.3, -0.25) is 4.79 Å². The SMILES string of the molecule is O=C(NC[C@H]1CCN(c2ccccc2)C1)C1(c2cccc(Cl)c2)CC1. The van der Waals surface area contributed by atoms with Crippen molar-refractivity contribution in [2.24, 2.45) is 5.92 Å². The van der Waals surface area contributed by atoms with Crippen LogP contribution in [-0.2, 0) is 10.2 Å². The van der Waals surface area contributed by atoms with Crippen molar-refractivity contribution in [3.8, 4) is 0 Å². The molecule has 0 bridgehead atoms. The number of halogens is 1. The Bertz CT molecular complexity index is 758. The van der Waals surface area contributed by atoms with Gasteiger partial charge in [0, 0.05) is 30.3 Å². The molecule has 1 saturated carbocycles. The zero-order chi connectivity index (χ0) is 17.3. The topological polar surface area (TPSA) is 32.3 Å². The Labute approximate surface area is 154 Å². The van der Waals surface area contributed by atoms with Crippen LogP contribution in [-0.4, -0.2) is 25.5 Å². The molecule has 1 saturated heterocycles. The van der Waals surface area contributed by atoms with Gasteiger partial charge in [-0.05, 0) is 55.0 Å². The summed E-state index contributed by atoms with van der Waals surface area (Å²) in [6, 6.07) is 18.2. The minimum atomic E-state index is -0.345. The van der Waals surface area contributed by atoms with E-state index in [4.69, 9.17) is 11.6 Å². The third-order valence-corrected chi connectivity index (χ3v) is 5.76. The summed E-state index contributed by atoms with van der Waals surface area (Å²) >= 11 is 6.10. The molecule has 0 radical (unpaired) electrons. The van der Waals surface area contributed by atoms with Gasteiger partial charge in [0.1, 0.15) is 0 Å².